The zero-order valence-corrected chi connectivity index (χ0v) is 11.5. The lowest BCUT2D eigenvalue weighted by atomic mass is 9.94. The molecule has 0 aromatic heterocycles. The van der Waals surface area contributed by atoms with Crippen molar-refractivity contribution in [2.24, 2.45) is 0 Å². The number of aliphatic hydroxyl groups excluding tert-OH is 1. The largest absolute Gasteiger partial charge is 0.396 e. The molecule has 0 bridgehead atoms. The lowest BCUT2D eigenvalue weighted by molar-refractivity contribution is 0.256. The number of hydrogen-bond donors (Lipinski definition) is 1. The molecule has 1 atom stereocenters. The van der Waals surface area contributed by atoms with Gasteiger partial charge in [0.2, 0.25) is 0 Å². The van der Waals surface area contributed by atoms with E-state index in [4.69, 9.17) is 0 Å². The summed E-state index contributed by atoms with van der Waals surface area (Å²) >= 11 is 3.55. The standard InChI is InChI=1S/C14H21BrO/c1-2-3-4-5-8-12(11-16)13-9-6-7-10-14(13)15/h6-7,9-10,12,16H,2-5,8,11H2,1H3. The van der Waals surface area contributed by atoms with Gasteiger partial charge in [-0.25, -0.2) is 0 Å². The van der Waals surface area contributed by atoms with Crippen LogP contribution in [0.15, 0.2) is 28.7 Å². The van der Waals surface area contributed by atoms with Gasteiger partial charge in [0.25, 0.3) is 0 Å². The van der Waals surface area contributed by atoms with Crippen molar-refractivity contribution in [3.05, 3.63) is 34.3 Å². The molecule has 0 aliphatic carbocycles. The molecule has 1 rings (SSSR count). The van der Waals surface area contributed by atoms with E-state index in [-0.39, 0.29) is 12.5 Å². The van der Waals surface area contributed by atoms with E-state index in [1.54, 1.807) is 0 Å². The molecule has 16 heavy (non-hydrogen) atoms. The number of rotatable bonds is 7. The minimum atomic E-state index is 0.245. The maximum absolute atomic E-state index is 9.44. The van der Waals surface area contributed by atoms with Crippen molar-refractivity contribution in [3.63, 3.8) is 0 Å². The van der Waals surface area contributed by atoms with Crippen molar-refractivity contribution in [2.75, 3.05) is 6.61 Å². The van der Waals surface area contributed by atoms with E-state index >= 15 is 0 Å². The second kappa shape index (κ2) is 7.86. The monoisotopic (exact) mass is 284 g/mol. The average molecular weight is 285 g/mol. The summed E-state index contributed by atoms with van der Waals surface area (Å²) < 4.78 is 1.12. The molecule has 90 valence electrons. The third-order valence-electron chi connectivity index (χ3n) is 2.97. The summed E-state index contributed by atoms with van der Waals surface area (Å²) in [6.07, 6.45) is 6.13. The van der Waals surface area contributed by atoms with E-state index in [1.807, 2.05) is 18.2 Å². The molecule has 1 N–H and O–H groups in total. The van der Waals surface area contributed by atoms with E-state index < -0.39 is 0 Å². The highest BCUT2D eigenvalue weighted by atomic mass is 79.9. The number of aliphatic hydroxyl groups is 1. The number of benzene rings is 1. The number of hydrogen-bond acceptors (Lipinski definition) is 1. The zero-order valence-electron chi connectivity index (χ0n) is 9.95. The van der Waals surface area contributed by atoms with Crippen molar-refractivity contribution < 1.29 is 5.11 Å². The third-order valence-corrected chi connectivity index (χ3v) is 3.69. The second-order valence-electron chi connectivity index (χ2n) is 4.25. The third kappa shape index (κ3) is 4.26. The minimum Gasteiger partial charge on any atom is -0.396 e. The maximum Gasteiger partial charge on any atom is 0.0500 e. The Hall–Kier alpha value is -0.340. The van der Waals surface area contributed by atoms with Crippen molar-refractivity contribution >= 4 is 15.9 Å². The first-order valence-electron chi connectivity index (χ1n) is 6.14. The molecule has 0 saturated heterocycles. The topological polar surface area (TPSA) is 20.2 Å². The van der Waals surface area contributed by atoms with Crippen molar-refractivity contribution in [1.82, 2.24) is 0 Å². The molecule has 0 heterocycles. The first-order chi connectivity index (χ1) is 7.79. The fraction of sp³-hybridized carbons (Fsp3) is 0.571. The van der Waals surface area contributed by atoms with Crippen LogP contribution in [0.2, 0.25) is 0 Å². The smallest absolute Gasteiger partial charge is 0.0500 e. The summed E-state index contributed by atoms with van der Waals surface area (Å²) in [5.41, 5.74) is 1.24. The van der Waals surface area contributed by atoms with Crippen LogP contribution in [0.1, 0.15) is 50.5 Å². The van der Waals surface area contributed by atoms with Gasteiger partial charge in [0.1, 0.15) is 0 Å². The lowest BCUT2D eigenvalue weighted by Gasteiger charge is -2.16. The quantitative estimate of drug-likeness (QED) is 0.731. The van der Waals surface area contributed by atoms with Crippen molar-refractivity contribution in [2.45, 2.75) is 44.9 Å². The molecule has 0 saturated carbocycles. The van der Waals surface area contributed by atoms with Crippen LogP contribution in [-0.2, 0) is 0 Å². The molecule has 1 aromatic rings. The molecular formula is C14H21BrO. The van der Waals surface area contributed by atoms with E-state index in [2.05, 4.69) is 28.9 Å². The Morgan fingerprint density at radius 2 is 1.94 bits per heavy atom. The Morgan fingerprint density at radius 1 is 1.19 bits per heavy atom. The van der Waals surface area contributed by atoms with Gasteiger partial charge in [-0.3, -0.25) is 0 Å². The van der Waals surface area contributed by atoms with Gasteiger partial charge in [0.05, 0.1) is 0 Å². The summed E-state index contributed by atoms with van der Waals surface area (Å²) in [6, 6.07) is 8.20. The maximum atomic E-state index is 9.44. The van der Waals surface area contributed by atoms with Crippen molar-refractivity contribution in [1.29, 1.82) is 0 Å². The Labute approximate surface area is 107 Å². The summed E-state index contributed by atoms with van der Waals surface area (Å²) in [6.45, 7) is 2.46. The molecule has 1 aromatic carbocycles. The van der Waals surface area contributed by atoms with Gasteiger partial charge >= 0.3 is 0 Å². The molecule has 0 spiro atoms. The fourth-order valence-electron chi connectivity index (χ4n) is 1.97. The highest BCUT2D eigenvalue weighted by Crippen LogP contribution is 2.28. The highest BCUT2D eigenvalue weighted by molar-refractivity contribution is 9.10. The summed E-state index contributed by atoms with van der Waals surface area (Å²) in [7, 11) is 0. The van der Waals surface area contributed by atoms with Gasteiger partial charge in [-0.2, -0.15) is 0 Å². The van der Waals surface area contributed by atoms with Gasteiger partial charge in [0.15, 0.2) is 0 Å². The van der Waals surface area contributed by atoms with Gasteiger partial charge in [-0.1, -0.05) is 66.7 Å². The van der Waals surface area contributed by atoms with Crippen LogP contribution in [0.4, 0.5) is 0 Å². The Kier molecular flexibility index (Phi) is 6.74. The van der Waals surface area contributed by atoms with Crippen LogP contribution in [0.3, 0.4) is 0 Å². The minimum absolute atomic E-state index is 0.245. The van der Waals surface area contributed by atoms with E-state index in [1.165, 1.54) is 31.2 Å². The highest BCUT2D eigenvalue weighted by Gasteiger charge is 2.12. The molecule has 0 aliphatic rings. The van der Waals surface area contributed by atoms with E-state index in [9.17, 15) is 5.11 Å². The molecular weight excluding hydrogens is 264 g/mol. The van der Waals surface area contributed by atoms with Crippen LogP contribution in [0, 0.1) is 0 Å². The van der Waals surface area contributed by atoms with Gasteiger partial charge in [-0.05, 0) is 18.1 Å². The summed E-state index contributed by atoms with van der Waals surface area (Å²) in [5.74, 6) is 0.285. The van der Waals surface area contributed by atoms with Crippen LogP contribution in [0.25, 0.3) is 0 Å². The van der Waals surface area contributed by atoms with Crippen LogP contribution in [-0.4, -0.2) is 11.7 Å². The van der Waals surface area contributed by atoms with E-state index in [0.717, 1.165) is 10.9 Å². The molecule has 2 heteroatoms. The zero-order chi connectivity index (χ0) is 11.8. The van der Waals surface area contributed by atoms with E-state index in [0.29, 0.717) is 0 Å². The first kappa shape index (κ1) is 13.7. The van der Waals surface area contributed by atoms with Crippen molar-refractivity contribution in [3.8, 4) is 0 Å². The number of halogens is 1. The Morgan fingerprint density at radius 3 is 2.56 bits per heavy atom. The summed E-state index contributed by atoms with van der Waals surface area (Å²) in [5, 5.41) is 9.44. The van der Waals surface area contributed by atoms with Crippen LogP contribution >= 0.6 is 15.9 Å². The predicted octanol–water partition coefficient (Wildman–Crippen LogP) is 4.50. The molecule has 0 aliphatic heterocycles. The summed E-state index contributed by atoms with van der Waals surface area (Å²) in [4.78, 5) is 0. The molecule has 1 nitrogen and oxygen atoms in total. The molecule has 0 amide bonds. The fourth-order valence-corrected chi connectivity index (χ4v) is 2.58. The first-order valence-corrected chi connectivity index (χ1v) is 6.94. The SMILES string of the molecule is CCCCCCC(CO)c1ccccc1Br. The Bertz CT molecular complexity index is 299. The molecule has 1 unspecified atom stereocenters. The van der Waals surface area contributed by atoms with Crippen LogP contribution in [0.5, 0.6) is 0 Å². The second-order valence-corrected chi connectivity index (χ2v) is 5.10. The van der Waals surface area contributed by atoms with Gasteiger partial charge in [0, 0.05) is 17.0 Å². The Balaban J connectivity index is 2.51. The van der Waals surface area contributed by atoms with Crippen LogP contribution < -0.4 is 0 Å². The molecule has 0 radical (unpaired) electrons. The van der Waals surface area contributed by atoms with Gasteiger partial charge in [-0.15, -0.1) is 0 Å². The number of unbranched alkanes of at least 4 members (excludes halogenated alkanes) is 3. The average Bonchev–Trinajstić information content (AvgIpc) is 2.31. The molecule has 0 fully saturated rings. The predicted molar refractivity (Wildman–Crippen MR) is 72.7 cm³/mol. The van der Waals surface area contributed by atoms with Gasteiger partial charge < -0.3 is 5.11 Å². The normalized spacial score (nSPS) is 12.7. The lowest BCUT2D eigenvalue weighted by Crippen LogP contribution is -2.05.